The lowest BCUT2D eigenvalue weighted by atomic mass is 10.2. The van der Waals surface area contributed by atoms with E-state index in [2.05, 4.69) is 0 Å². The van der Waals surface area contributed by atoms with E-state index in [0.29, 0.717) is 0 Å². The average Bonchev–Trinajstić information content (AvgIpc) is 2.02. The van der Waals surface area contributed by atoms with Gasteiger partial charge in [0, 0.05) is 6.07 Å². The number of halogens is 3. The van der Waals surface area contributed by atoms with Crippen LogP contribution in [0.15, 0.2) is 12.1 Å². The molecule has 1 aromatic carbocycles. The Kier molecular flexibility index (Phi) is 4.80. The van der Waals surface area contributed by atoms with Crippen molar-refractivity contribution >= 4 is 47.3 Å². The van der Waals surface area contributed by atoms with Crippen molar-refractivity contribution in [1.82, 2.24) is 0 Å². The number of aromatic carboxylic acids is 1. The highest BCUT2D eigenvalue weighted by molar-refractivity contribution is 6.37. The standard InChI is InChI=1S/C7H3Cl2NO4.ClH/c8-4-2-5(9)6(10(13)14)1-3(4)7(11)12;/h1-2H,(H,11,12);1H. The smallest absolute Gasteiger partial charge is 0.337 e. The molecule has 0 aliphatic rings. The normalized spacial score (nSPS) is 9.20. The van der Waals surface area contributed by atoms with Gasteiger partial charge in [0.15, 0.2) is 0 Å². The fourth-order valence-corrected chi connectivity index (χ4v) is 1.37. The summed E-state index contributed by atoms with van der Waals surface area (Å²) in [6, 6.07) is 1.86. The summed E-state index contributed by atoms with van der Waals surface area (Å²) in [7, 11) is 0. The van der Waals surface area contributed by atoms with Crippen molar-refractivity contribution in [2.75, 3.05) is 0 Å². The van der Waals surface area contributed by atoms with Crippen LogP contribution < -0.4 is 0 Å². The van der Waals surface area contributed by atoms with E-state index in [9.17, 15) is 14.9 Å². The van der Waals surface area contributed by atoms with Crippen molar-refractivity contribution in [3.63, 3.8) is 0 Å². The summed E-state index contributed by atoms with van der Waals surface area (Å²) in [6.07, 6.45) is 0. The minimum absolute atomic E-state index is 0. The van der Waals surface area contributed by atoms with Crippen LogP contribution in [-0.2, 0) is 0 Å². The second kappa shape index (κ2) is 5.16. The largest absolute Gasteiger partial charge is 0.478 e. The average molecular weight is 272 g/mol. The maximum atomic E-state index is 10.6. The summed E-state index contributed by atoms with van der Waals surface area (Å²) >= 11 is 11.0. The summed E-state index contributed by atoms with van der Waals surface area (Å²) in [6.45, 7) is 0. The van der Waals surface area contributed by atoms with Gasteiger partial charge >= 0.3 is 5.97 Å². The molecule has 1 rings (SSSR count). The van der Waals surface area contributed by atoms with E-state index >= 15 is 0 Å². The van der Waals surface area contributed by atoms with Crippen LogP contribution in [0.5, 0.6) is 0 Å². The van der Waals surface area contributed by atoms with Gasteiger partial charge in [0.05, 0.1) is 15.5 Å². The Morgan fingerprint density at radius 1 is 1.33 bits per heavy atom. The number of hydrogen-bond donors (Lipinski definition) is 1. The first kappa shape index (κ1) is 14.0. The van der Waals surface area contributed by atoms with Crippen molar-refractivity contribution in [1.29, 1.82) is 0 Å². The third-order valence-electron chi connectivity index (χ3n) is 1.46. The van der Waals surface area contributed by atoms with Crippen LogP contribution >= 0.6 is 35.6 Å². The van der Waals surface area contributed by atoms with Crippen LogP contribution in [0, 0.1) is 10.1 Å². The quantitative estimate of drug-likeness (QED) is 0.663. The van der Waals surface area contributed by atoms with Gasteiger partial charge in [-0.25, -0.2) is 4.79 Å². The molecule has 0 fully saturated rings. The molecule has 1 N–H and O–H groups in total. The number of hydrogen-bond acceptors (Lipinski definition) is 3. The molecule has 0 heterocycles. The molecule has 1 aromatic rings. The number of nitro benzene ring substituents is 1. The topological polar surface area (TPSA) is 80.4 Å². The van der Waals surface area contributed by atoms with Gasteiger partial charge in [0.2, 0.25) is 0 Å². The molecule has 15 heavy (non-hydrogen) atoms. The lowest BCUT2D eigenvalue weighted by Crippen LogP contribution is -1.99. The molecule has 0 amide bonds. The van der Waals surface area contributed by atoms with E-state index in [-0.39, 0.29) is 28.0 Å². The molecule has 0 aromatic heterocycles. The highest BCUT2D eigenvalue weighted by Crippen LogP contribution is 2.30. The highest BCUT2D eigenvalue weighted by Gasteiger charge is 2.19. The molecule has 82 valence electrons. The van der Waals surface area contributed by atoms with E-state index < -0.39 is 16.6 Å². The summed E-state index contributed by atoms with van der Waals surface area (Å²) in [5.41, 5.74) is -0.823. The fourth-order valence-electron chi connectivity index (χ4n) is 0.841. The Hall–Kier alpha value is -1.04. The second-order valence-electron chi connectivity index (χ2n) is 2.35. The van der Waals surface area contributed by atoms with E-state index in [4.69, 9.17) is 28.3 Å². The van der Waals surface area contributed by atoms with Gasteiger partial charge in [-0.15, -0.1) is 12.4 Å². The molecule has 0 spiro atoms. The molecular weight excluding hydrogens is 268 g/mol. The Labute approximate surface area is 100 Å². The molecular formula is C7H4Cl3NO4. The Morgan fingerprint density at radius 3 is 2.27 bits per heavy atom. The van der Waals surface area contributed by atoms with Crippen LogP contribution in [0.2, 0.25) is 10.0 Å². The number of nitro groups is 1. The molecule has 8 heteroatoms. The van der Waals surface area contributed by atoms with Crippen molar-refractivity contribution in [3.8, 4) is 0 Å². The lowest BCUT2D eigenvalue weighted by Gasteiger charge is -2.00. The molecule has 0 atom stereocenters. The summed E-state index contributed by atoms with van der Waals surface area (Å²) in [4.78, 5) is 20.2. The van der Waals surface area contributed by atoms with Crippen molar-refractivity contribution in [3.05, 3.63) is 37.9 Å². The van der Waals surface area contributed by atoms with Gasteiger partial charge in [-0.2, -0.15) is 0 Å². The van der Waals surface area contributed by atoms with E-state index in [1.54, 1.807) is 0 Å². The Morgan fingerprint density at radius 2 is 1.87 bits per heavy atom. The molecule has 0 saturated carbocycles. The van der Waals surface area contributed by atoms with E-state index in [1.807, 2.05) is 0 Å². The van der Waals surface area contributed by atoms with E-state index in [1.165, 1.54) is 0 Å². The van der Waals surface area contributed by atoms with Gasteiger partial charge in [0.25, 0.3) is 5.69 Å². The number of nitrogens with zero attached hydrogens (tertiary/aromatic N) is 1. The minimum atomic E-state index is -1.34. The maximum Gasteiger partial charge on any atom is 0.337 e. The van der Waals surface area contributed by atoms with Gasteiger partial charge in [0.1, 0.15) is 5.02 Å². The first-order valence-corrected chi connectivity index (χ1v) is 4.06. The molecule has 0 unspecified atom stereocenters. The molecule has 0 radical (unpaired) electrons. The maximum absolute atomic E-state index is 10.6. The van der Waals surface area contributed by atoms with Crippen LogP contribution in [0.25, 0.3) is 0 Å². The van der Waals surface area contributed by atoms with Gasteiger partial charge in [-0.05, 0) is 6.07 Å². The molecule has 0 bridgehead atoms. The molecule has 0 saturated heterocycles. The predicted octanol–water partition coefficient (Wildman–Crippen LogP) is 3.02. The number of carboxylic acid groups (broad SMARTS) is 1. The lowest BCUT2D eigenvalue weighted by molar-refractivity contribution is -0.384. The summed E-state index contributed by atoms with van der Waals surface area (Å²) < 4.78 is 0. The number of rotatable bonds is 2. The van der Waals surface area contributed by atoms with Gasteiger partial charge in [-0.3, -0.25) is 10.1 Å². The fraction of sp³-hybridized carbons (Fsp3) is 0. The third-order valence-corrected chi connectivity index (χ3v) is 2.08. The predicted molar refractivity (Wildman–Crippen MR) is 57.3 cm³/mol. The first-order chi connectivity index (χ1) is 6.43. The monoisotopic (exact) mass is 271 g/mol. The van der Waals surface area contributed by atoms with Crippen LogP contribution in [0.4, 0.5) is 5.69 Å². The van der Waals surface area contributed by atoms with E-state index in [0.717, 1.165) is 12.1 Å². The number of carbonyl (C=O) groups is 1. The van der Waals surface area contributed by atoms with Crippen LogP contribution in [0.3, 0.4) is 0 Å². The minimum Gasteiger partial charge on any atom is -0.478 e. The summed E-state index contributed by atoms with van der Waals surface area (Å²) in [5, 5.41) is 18.7. The number of benzene rings is 1. The Balaban J connectivity index is 0.00000196. The van der Waals surface area contributed by atoms with Gasteiger partial charge < -0.3 is 5.11 Å². The second-order valence-corrected chi connectivity index (χ2v) is 3.16. The molecule has 5 nitrogen and oxygen atoms in total. The van der Waals surface area contributed by atoms with Crippen molar-refractivity contribution < 1.29 is 14.8 Å². The zero-order valence-corrected chi connectivity index (χ0v) is 9.27. The zero-order valence-electron chi connectivity index (χ0n) is 6.94. The zero-order chi connectivity index (χ0) is 10.9. The SMILES string of the molecule is Cl.O=C(O)c1cc([N+](=O)[O-])c(Cl)cc1Cl. The third kappa shape index (κ3) is 2.95. The highest BCUT2D eigenvalue weighted by atomic mass is 35.5. The molecule has 0 aliphatic carbocycles. The van der Waals surface area contributed by atoms with Crippen molar-refractivity contribution in [2.45, 2.75) is 0 Å². The molecule has 0 aliphatic heterocycles. The van der Waals surface area contributed by atoms with Crippen LogP contribution in [0.1, 0.15) is 10.4 Å². The summed E-state index contributed by atoms with van der Waals surface area (Å²) in [5.74, 6) is -1.34. The number of carboxylic acids is 1. The van der Waals surface area contributed by atoms with Gasteiger partial charge in [-0.1, -0.05) is 23.2 Å². The van der Waals surface area contributed by atoms with Crippen LogP contribution in [-0.4, -0.2) is 16.0 Å². The Bertz CT molecular complexity index is 386. The first-order valence-electron chi connectivity index (χ1n) is 3.30. The van der Waals surface area contributed by atoms with Crippen molar-refractivity contribution in [2.24, 2.45) is 0 Å².